The summed E-state index contributed by atoms with van der Waals surface area (Å²) in [5.74, 6) is 0.425. The molecule has 5 aromatic carbocycles. The van der Waals surface area contributed by atoms with E-state index in [0.717, 1.165) is 53.1 Å². The van der Waals surface area contributed by atoms with E-state index in [-0.39, 0.29) is 29.8 Å². The Balaban J connectivity index is 1.38. The molecule has 0 radical (unpaired) electrons. The molecule has 0 spiro atoms. The maximum Gasteiger partial charge on any atom is 0.264 e. The first-order valence-electron chi connectivity index (χ1n) is 17.9. The second-order valence-corrected chi connectivity index (χ2v) is 15.1. The number of nitrogens with zero attached hydrogens (tertiary/aromatic N) is 2. The van der Waals surface area contributed by atoms with Crippen LogP contribution < -0.4 is 14.4 Å². The molecule has 1 saturated carbocycles. The van der Waals surface area contributed by atoms with E-state index in [1.807, 2.05) is 91.9 Å². The van der Waals surface area contributed by atoms with Crippen LogP contribution in [0.15, 0.2) is 144 Å². The summed E-state index contributed by atoms with van der Waals surface area (Å²) in [5.41, 5.74) is 3.03. The third-order valence-electron chi connectivity index (χ3n) is 9.54. The molecule has 1 unspecified atom stereocenters. The Labute approximate surface area is 307 Å². The zero-order valence-corrected chi connectivity index (χ0v) is 30.3. The smallest absolute Gasteiger partial charge is 0.264 e. The lowest BCUT2D eigenvalue weighted by Crippen LogP contribution is -2.55. The number of rotatable bonds is 14. The monoisotopic (exact) mass is 715 g/mol. The zero-order valence-electron chi connectivity index (χ0n) is 29.4. The first-order valence-corrected chi connectivity index (χ1v) is 19.3. The van der Waals surface area contributed by atoms with Gasteiger partial charge in [-0.25, -0.2) is 8.42 Å². The highest BCUT2D eigenvalue weighted by Gasteiger charge is 2.35. The Kier molecular flexibility index (Phi) is 12.0. The number of sulfonamides is 1. The topological polar surface area (TPSA) is 96.0 Å². The SMILES string of the molecule is Cc1ccccc1CN(C(=O)CN(c1ccc(Oc2ccccc2)cc1)S(=O)(=O)c1ccccc1)C(Cc1ccccc1)C(=O)NC1CCCCC1. The average Bonchev–Trinajstić information content (AvgIpc) is 3.17. The number of nitrogens with one attached hydrogen (secondary N) is 1. The van der Waals surface area contributed by atoms with E-state index in [9.17, 15) is 18.0 Å². The summed E-state index contributed by atoms with van der Waals surface area (Å²) in [7, 11) is -4.22. The minimum absolute atomic E-state index is 0.0292. The lowest BCUT2D eigenvalue weighted by Gasteiger charge is -2.35. The number of anilines is 1. The lowest BCUT2D eigenvalue weighted by atomic mass is 9.94. The maximum absolute atomic E-state index is 14.9. The molecule has 8 nitrogen and oxygen atoms in total. The van der Waals surface area contributed by atoms with Gasteiger partial charge in [0.1, 0.15) is 24.1 Å². The summed E-state index contributed by atoms with van der Waals surface area (Å²) in [6, 6.07) is 40.5. The van der Waals surface area contributed by atoms with Crippen LogP contribution in [0.25, 0.3) is 0 Å². The van der Waals surface area contributed by atoms with Crippen LogP contribution in [-0.4, -0.2) is 43.8 Å². The molecule has 1 fully saturated rings. The molecule has 0 aromatic heterocycles. The van der Waals surface area contributed by atoms with Crippen LogP contribution in [0.4, 0.5) is 5.69 Å². The first kappa shape index (κ1) is 36.4. The molecule has 1 aliphatic carbocycles. The molecular weight excluding hydrogens is 671 g/mol. The standard InChI is InChI=1S/C43H45N3O5S/c1-33-16-14-15-19-35(33)31-45(41(30-34-17-6-2-7-18-34)43(48)44-36-20-8-3-9-21-36)42(47)32-46(52(49,50)40-24-12-5-13-25-40)37-26-28-39(29-27-37)51-38-22-10-4-11-23-38/h2,4-7,10-19,22-29,36,41H,3,8-9,20-21,30-32H2,1H3,(H,44,48). The number of carbonyl (C=O) groups excluding carboxylic acids is 2. The number of para-hydroxylation sites is 1. The zero-order chi connectivity index (χ0) is 36.3. The van der Waals surface area contributed by atoms with Crippen LogP contribution in [-0.2, 0) is 32.6 Å². The van der Waals surface area contributed by atoms with E-state index < -0.39 is 28.5 Å². The van der Waals surface area contributed by atoms with Gasteiger partial charge in [-0.15, -0.1) is 0 Å². The number of ether oxygens (including phenoxy) is 1. The third-order valence-corrected chi connectivity index (χ3v) is 11.3. The van der Waals surface area contributed by atoms with E-state index in [4.69, 9.17) is 4.74 Å². The van der Waals surface area contributed by atoms with Crippen LogP contribution in [0.5, 0.6) is 11.5 Å². The quantitative estimate of drug-likeness (QED) is 0.126. The van der Waals surface area contributed by atoms with Gasteiger partial charge in [-0.1, -0.05) is 110 Å². The van der Waals surface area contributed by atoms with Crippen molar-refractivity contribution in [1.29, 1.82) is 0 Å². The number of hydrogen-bond acceptors (Lipinski definition) is 5. The predicted octanol–water partition coefficient (Wildman–Crippen LogP) is 8.07. The number of aryl methyl sites for hydroxylation is 1. The highest BCUT2D eigenvalue weighted by Crippen LogP contribution is 2.29. The molecule has 52 heavy (non-hydrogen) atoms. The van der Waals surface area contributed by atoms with Gasteiger partial charge < -0.3 is 15.0 Å². The Morgan fingerprint density at radius 2 is 1.31 bits per heavy atom. The second-order valence-electron chi connectivity index (χ2n) is 13.2. The van der Waals surface area contributed by atoms with Gasteiger partial charge in [0.25, 0.3) is 10.0 Å². The molecule has 1 aliphatic rings. The van der Waals surface area contributed by atoms with Crippen molar-refractivity contribution in [1.82, 2.24) is 10.2 Å². The molecule has 0 saturated heterocycles. The van der Waals surface area contributed by atoms with E-state index in [1.165, 1.54) is 12.1 Å². The van der Waals surface area contributed by atoms with Crippen LogP contribution in [0, 0.1) is 6.92 Å². The molecule has 0 heterocycles. The third kappa shape index (κ3) is 9.27. The minimum atomic E-state index is -4.22. The van der Waals surface area contributed by atoms with Gasteiger partial charge in [-0.05, 0) is 85.0 Å². The van der Waals surface area contributed by atoms with Crippen LogP contribution in [0.1, 0.15) is 48.8 Å². The molecule has 2 amide bonds. The lowest BCUT2D eigenvalue weighted by molar-refractivity contribution is -0.140. The number of amides is 2. The Morgan fingerprint density at radius 1 is 0.731 bits per heavy atom. The number of carbonyl (C=O) groups is 2. The largest absolute Gasteiger partial charge is 0.457 e. The normalized spacial score (nSPS) is 13.9. The highest BCUT2D eigenvalue weighted by atomic mass is 32.2. The van der Waals surface area contributed by atoms with Crippen molar-refractivity contribution >= 4 is 27.5 Å². The second kappa shape index (κ2) is 17.2. The maximum atomic E-state index is 14.9. The van der Waals surface area contributed by atoms with Crippen molar-refractivity contribution in [2.75, 3.05) is 10.8 Å². The predicted molar refractivity (Wildman–Crippen MR) is 205 cm³/mol. The van der Waals surface area contributed by atoms with Gasteiger partial charge in [-0.3, -0.25) is 13.9 Å². The molecule has 268 valence electrons. The highest BCUT2D eigenvalue weighted by molar-refractivity contribution is 7.92. The summed E-state index contributed by atoms with van der Waals surface area (Å²) in [4.78, 5) is 30.8. The van der Waals surface area contributed by atoms with Gasteiger partial charge in [0.05, 0.1) is 10.6 Å². The molecule has 0 aliphatic heterocycles. The summed E-state index contributed by atoms with van der Waals surface area (Å²) in [6.07, 6.45) is 5.28. The molecule has 1 atom stereocenters. The van der Waals surface area contributed by atoms with Crippen LogP contribution >= 0.6 is 0 Å². The minimum Gasteiger partial charge on any atom is -0.457 e. The fourth-order valence-electron chi connectivity index (χ4n) is 6.62. The fraction of sp³-hybridized carbons (Fsp3) is 0.256. The van der Waals surface area contributed by atoms with Crippen molar-refractivity contribution in [3.05, 3.63) is 156 Å². The molecule has 6 rings (SSSR count). The molecule has 0 bridgehead atoms. The van der Waals surface area contributed by atoms with Gasteiger partial charge in [-0.2, -0.15) is 0 Å². The van der Waals surface area contributed by atoms with Crippen LogP contribution in [0.2, 0.25) is 0 Å². The van der Waals surface area contributed by atoms with Crippen LogP contribution in [0.3, 0.4) is 0 Å². The van der Waals surface area contributed by atoms with E-state index in [0.29, 0.717) is 17.2 Å². The molecule has 1 N–H and O–H groups in total. The summed E-state index contributed by atoms with van der Waals surface area (Å²) in [6.45, 7) is 1.58. The Morgan fingerprint density at radius 3 is 1.96 bits per heavy atom. The summed E-state index contributed by atoms with van der Waals surface area (Å²) < 4.78 is 35.9. The number of benzene rings is 5. The van der Waals surface area contributed by atoms with Gasteiger partial charge in [0, 0.05) is 19.0 Å². The van der Waals surface area contributed by atoms with Crippen molar-refractivity contribution in [2.24, 2.45) is 0 Å². The summed E-state index contributed by atoms with van der Waals surface area (Å²) >= 11 is 0. The van der Waals surface area contributed by atoms with Crippen molar-refractivity contribution in [2.45, 2.75) is 69.0 Å². The molecule has 5 aromatic rings. The van der Waals surface area contributed by atoms with E-state index >= 15 is 0 Å². The number of hydrogen-bond donors (Lipinski definition) is 1. The van der Waals surface area contributed by atoms with E-state index in [1.54, 1.807) is 47.4 Å². The first-order chi connectivity index (χ1) is 25.3. The molecular formula is C43H45N3O5S. The Bertz CT molecular complexity index is 2020. The van der Waals surface area contributed by atoms with Gasteiger partial charge in [0.2, 0.25) is 11.8 Å². The summed E-state index contributed by atoms with van der Waals surface area (Å²) in [5, 5.41) is 3.26. The van der Waals surface area contributed by atoms with Crippen molar-refractivity contribution in [3.8, 4) is 11.5 Å². The average molecular weight is 716 g/mol. The van der Waals surface area contributed by atoms with Crippen molar-refractivity contribution in [3.63, 3.8) is 0 Å². The van der Waals surface area contributed by atoms with Crippen molar-refractivity contribution < 1.29 is 22.7 Å². The fourth-order valence-corrected chi connectivity index (χ4v) is 8.06. The molecule has 9 heteroatoms. The Hall–Kier alpha value is -5.41. The van der Waals surface area contributed by atoms with Gasteiger partial charge >= 0.3 is 0 Å². The van der Waals surface area contributed by atoms with Gasteiger partial charge in [0.15, 0.2) is 0 Å². The van der Waals surface area contributed by atoms with E-state index in [2.05, 4.69) is 5.32 Å².